The van der Waals surface area contributed by atoms with Gasteiger partial charge in [0, 0.05) is 37.3 Å². The van der Waals surface area contributed by atoms with E-state index in [1.807, 2.05) is 6.92 Å². The van der Waals surface area contributed by atoms with E-state index in [4.69, 9.17) is 0 Å². The number of likely N-dealkylation sites (tertiary alicyclic amines) is 1. The van der Waals surface area contributed by atoms with E-state index in [2.05, 4.69) is 5.32 Å². The standard InChI is InChI=1S/C14H15F3N2O/c1-7-2-8-5-18-6-12(8)19(7)14(20)13-10(16)3-9(15)4-11(13)17/h3-4,7-8,12,18H,2,5-6H2,1H3. The highest BCUT2D eigenvalue weighted by Gasteiger charge is 2.45. The summed E-state index contributed by atoms with van der Waals surface area (Å²) in [7, 11) is 0. The Balaban J connectivity index is 1.97. The number of benzene rings is 1. The molecular formula is C14H15F3N2O. The Hall–Kier alpha value is -1.56. The molecule has 2 heterocycles. The average Bonchev–Trinajstić information content (AvgIpc) is 2.86. The van der Waals surface area contributed by atoms with Gasteiger partial charge in [0.1, 0.15) is 23.0 Å². The normalized spacial score (nSPS) is 28.8. The van der Waals surface area contributed by atoms with E-state index in [1.54, 1.807) is 0 Å². The predicted octanol–water partition coefficient (Wildman–Crippen LogP) is 1.93. The van der Waals surface area contributed by atoms with Crippen LogP contribution in [0.4, 0.5) is 13.2 Å². The molecule has 20 heavy (non-hydrogen) atoms. The maximum Gasteiger partial charge on any atom is 0.260 e. The predicted molar refractivity (Wildman–Crippen MR) is 66.7 cm³/mol. The lowest BCUT2D eigenvalue weighted by atomic mass is 10.0. The van der Waals surface area contributed by atoms with Crippen LogP contribution in [0.15, 0.2) is 12.1 Å². The van der Waals surface area contributed by atoms with Crippen molar-refractivity contribution in [3.8, 4) is 0 Å². The maximum atomic E-state index is 13.7. The minimum atomic E-state index is -1.14. The van der Waals surface area contributed by atoms with Gasteiger partial charge in [0.2, 0.25) is 0 Å². The van der Waals surface area contributed by atoms with Gasteiger partial charge in [-0.15, -0.1) is 0 Å². The first-order valence-corrected chi connectivity index (χ1v) is 6.67. The van der Waals surface area contributed by atoms with Gasteiger partial charge in [-0.25, -0.2) is 13.2 Å². The number of halogens is 3. The van der Waals surface area contributed by atoms with Crippen molar-refractivity contribution < 1.29 is 18.0 Å². The van der Waals surface area contributed by atoms with Crippen molar-refractivity contribution in [3.05, 3.63) is 35.1 Å². The van der Waals surface area contributed by atoms with Gasteiger partial charge in [-0.2, -0.15) is 0 Å². The van der Waals surface area contributed by atoms with Crippen molar-refractivity contribution in [2.75, 3.05) is 13.1 Å². The summed E-state index contributed by atoms with van der Waals surface area (Å²) >= 11 is 0. The van der Waals surface area contributed by atoms with E-state index in [-0.39, 0.29) is 12.1 Å². The van der Waals surface area contributed by atoms with Crippen LogP contribution < -0.4 is 5.32 Å². The summed E-state index contributed by atoms with van der Waals surface area (Å²) in [6.07, 6.45) is 0.813. The highest BCUT2D eigenvalue weighted by atomic mass is 19.1. The number of fused-ring (bicyclic) bond motifs is 1. The molecule has 3 rings (SSSR count). The first-order chi connectivity index (χ1) is 9.49. The molecule has 1 amide bonds. The molecule has 0 bridgehead atoms. The van der Waals surface area contributed by atoms with Gasteiger partial charge in [0.15, 0.2) is 0 Å². The third-order valence-electron chi connectivity index (χ3n) is 4.24. The van der Waals surface area contributed by atoms with Crippen LogP contribution in [-0.4, -0.2) is 36.0 Å². The number of carbonyl (C=O) groups is 1. The van der Waals surface area contributed by atoms with E-state index in [9.17, 15) is 18.0 Å². The van der Waals surface area contributed by atoms with Crippen LogP contribution in [0.25, 0.3) is 0 Å². The average molecular weight is 284 g/mol. The van der Waals surface area contributed by atoms with E-state index in [0.717, 1.165) is 13.0 Å². The second-order valence-corrected chi connectivity index (χ2v) is 5.53. The van der Waals surface area contributed by atoms with Gasteiger partial charge < -0.3 is 10.2 Å². The fraction of sp³-hybridized carbons (Fsp3) is 0.500. The minimum absolute atomic E-state index is 0.0404. The molecule has 2 saturated heterocycles. The van der Waals surface area contributed by atoms with Gasteiger partial charge in [-0.05, 0) is 19.3 Å². The Bertz CT molecular complexity index is 540. The van der Waals surface area contributed by atoms with Crippen molar-refractivity contribution >= 4 is 5.91 Å². The number of rotatable bonds is 1. The summed E-state index contributed by atoms with van der Waals surface area (Å²) in [6.45, 7) is 3.31. The number of nitrogens with one attached hydrogen (secondary N) is 1. The highest BCUT2D eigenvalue weighted by molar-refractivity contribution is 5.95. The highest BCUT2D eigenvalue weighted by Crippen LogP contribution is 2.34. The Morgan fingerprint density at radius 2 is 1.90 bits per heavy atom. The largest absolute Gasteiger partial charge is 0.331 e. The maximum absolute atomic E-state index is 13.7. The number of hydrogen-bond acceptors (Lipinski definition) is 2. The van der Waals surface area contributed by atoms with Crippen molar-refractivity contribution in [1.82, 2.24) is 10.2 Å². The molecule has 1 aromatic rings. The van der Waals surface area contributed by atoms with Gasteiger partial charge in [-0.1, -0.05) is 0 Å². The molecule has 6 heteroatoms. The number of carbonyl (C=O) groups excluding carboxylic acids is 1. The SMILES string of the molecule is CC1CC2CNCC2N1C(=O)c1c(F)cc(F)cc1F. The first-order valence-electron chi connectivity index (χ1n) is 6.67. The molecule has 0 aromatic heterocycles. The molecule has 0 saturated carbocycles. The zero-order chi connectivity index (χ0) is 14.4. The zero-order valence-corrected chi connectivity index (χ0v) is 11.0. The van der Waals surface area contributed by atoms with Gasteiger partial charge in [-0.3, -0.25) is 4.79 Å². The molecule has 2 aliphatic rings. The topological polar surface area (TPSA) is 32.3 Å². The summed E-state index contributed by atoms with van der Waals surface area (Å²) in [5, 5.41) is 3.18. The van der Waals surface area contributed by atoms with Crippen molar-refractivity contribution in [2.45, 2.75) is 25.4 Å². The Kier molecular flexibility index (Phi) is 3.20. The molecule has 108 valence electrons. The van der Waals surface area contributed by atoms with E-state index < -0.39 is 28.9 Å². The summed E-state index contributed by atoms with van der Waals surface area (Å²) in [4.78, 5) is 14.0. The molecule has 3 atom stereocenters. The van der Waals surface area contributed by atoms with E-state index >= 15 is 0 Å². The fourth-order valence-corrected chi connectivity index (χ4v) is 3.39. The molecule has 1 aromatic carbocycles. The smallest absolute Gasteiger partial charge is 0.260 e. The van der Waals surface area contributed by atoms with Crippen LogP contribution in [0.2, 0.25) is 0 Å². The second kappa shape index (κ2) is 4.77. The molecule has 0 aliphatic carbocycles. The minimum Gasteiger partial charge on any atom is -0.331 e. The summed E-state index contributed by atoms with van der Waals surface area (Å²) in [5.41, 5.74) is -0.661. The summed E-state index contributed by atoms with van der Waals surface area (Å²) < 4.78 is 40.4. The molecule has 2 aliphatic heterocycles. The summed E-state index contributed by atoms with van der Waals surface area (Å²) in [6, 6.07) is 0.980. The first kappa shape index (κ1) is 13.4. The number of hydrogen-bond donors (Lipinski definition) is 1. The Morgan fingerprint density at radius 1 is 1.25 bits per heavy atom. The van der Waals surface area contributed by atoms with Gasteiger partial charge >= 0.3 is 0 Å². The van der Waals surface area contributed by atoms with Crippen LogP contribution in [0, 0.1) is 23.4 Å². The van der Waals surface area contributed by atoms with Gasteiger partial charge in [0.25, 0.3) is 5.91 Å². The monoisotopic (exact) mass is 284 g/mol. The third kappa shape index (κ3) is 1.98. The van der Waals surface area contributed by atoms with Crippen LogP contribution in [0.1, 0.15) is 23.7 Å². The molecular weight excluding hydrogens is 269 g/mol. The van der Waals surface area contributed by atoms with Crippen molar-refractivity contribution in [3.63, 3.8) is 0 Å². The third-order valence-corrected chi connectivity index (χ3v) is 4.24. The zero-order valence-electron chi connectivity index (χ0n) is 11.0. The Labute approximate surface area is 114 Å². The molecule has 0 spiro atoms. The van der Waals surface area contributed by atoms with E-state index in [1.165, 1.54) is 4.90 Å². The van der Waals surface area contributed by atoms with Gasteiger partial charge in [0.05, 0.1) is 0 Å². The lowest BCUT2D eigenvalue weighted by Crippen LogP contribution is -2.43. The van der Waals surface area contributed by atoms with Crippen LogP contribution in [-0.2, 0) is 0 Å². The fourth-order valence-electron chi connectivity index (χ4n) is 3.39. The lowest BCUT2D eigenvalue weighted by molar-refractivity contribution is 0.0672. The number of amides is 1. The second-order valence-electron chi connectivity index (χ2n) is 5.53. The van der Waals surface area contributed by atoms with Crippen LogP contribution in [0.5, 0.6) is 0 Å². The van der Waals surface area contributed by atoms with Crippen molar-refractivity contribution in [1.29, 1.82) is 0 Å². The van der Waals surface area contributed by atoms with Crippen molar-refractivity contribution in [2.24, 2.45) is 5.92 Å². The van der Waals surface area contributed by atoms with E-state index in [0.29, 0.717) is 24.6 Å². The molecule has 2 fully saturated rings. The van der Waals surface area contributed by atoms with Crippen LogP contribution in [0.3, 0.4) is 0 Å². The van der Waals surface area contributed by atoms with Crippen LogP contribution >= 0.6 is 0 Å². The molecule has 1 N–H and O–H groups in total. The Morgan fingerprint density at radius 3 is 2.55 bits per heavy atom. The quantitative estimate of drug-likeness (QED) is 0.854. The lowest BCUT2D eigenvalue weighted by Gasteiger charge is -2.28. The summed E-state index contributed by atoms with van der Waals surface area (Å²) in [5.74, 6) is -3.68. The molecule has 0 radical (unpaired) electrons. The molecule has 3 nitrogen and oxygen atoms in total. The number of nitrogens with zero attached hydrogens (tertiary/aromatic N) is 1. The molecule has 3 unspecified atom stereocenters.